The Morgan fingerprint density at radius 2 is 2.18 bits per heavy atom. The molecule has 3 heteroatoms. The van der Waals surface area contributed by atoms with Gasteiger partial charge in [0, 0.05) is 30.6 Å². The summed E-state index contributed by atoms with van der Waals surface area (Å²) in [6, 6.07) is 8.75. The quantitative estimate of drug-likeness (QED) is 0.878. The number of hydrogen-bond acceptors (Lipinski definition) is 3. The third kappa shape index (κ3) is 2.08. The van der Waals surface area contributed by atoms with E-state index in [0.717, 1.165) is 25.0 Å². The largest absolute Gasteiger partial charge is 0.464 e. The molecule has 1 heterocycles. The maximum atomic E-state index is 5.51. The van der Waals surface area contributed by atoms with Gasteiger partial charge in [0.2, 0.25) is 0 Å². The van der Waals surface area contributed by atoms with Gasteiger partial charge < -0.3 is 14.5 Å². The molecule has 1 aliphatic rings. The molecule has 1 aromatic heterocycles. The number of ether oxygens (including phenoxy) is 1. The minimum absolute atomic E-state index is 0.452. The summed E-state index contributed by atoms with van der Waals surface area (Å²) in [6.45, 7) is 0.873. The van der Waals surface area contributed by atoms with Crippen molar-refractivity contribution in [3.63, 3.8) is 0 Å². The van der Waals surface area contributed by atoms with Crippen molar-refractivity contribution in [3.8, 4) is 0 Å². The fraction of sp³-hybridized carbons (Fsp3) is 0.429. The Morgan fingerprint density at radius 1 is 1.35 bits per heavy atom. The van der Waals surface area contributed by atoms with Crippen LogP contribution in [0.3, 0.4) is 0 Å². The second-order valence-corrected chi connectivity index (χ2v) is 4.66. The molecular weight excluding hydrogens is 214 g/mol. The number of benzene rings is 1. The number of hydrogen-bond donors (Lipinski definition) is 1. The third-order valence-corrected chi connectivity index (χ3v) is 3.57. The van der Waals surface area contributed by atoms with E-state index in [0.29, 0.717) is 12.1 Å². The molecule has 3 nitrogen and oxygen atoms in total. The minimum atomic E-state index is 0.452. The zero-order chi connectivity index (χ0) is 11.7. The van der Waals surface area contributed by atoms with E-state index in [-0.39, 0.29) is 0 Å². The fourth-order valence-corrected chi connectivity index (χ4v) is 2.35. The average molecular weight is 231 g/mol. The lowest BCUT2D eigenvalue weighted by Crippen LogP contribution is -2.44. The second-order valence-electron chi connectivity index (χ2n) is 4.66. The van der Waals surface area contributed by atoms with Crippen molar-refractivity contribution >= 4 is 11.0 Å². The van der Waals surface area contributed by atoms with Crippen LogP contribution in [0, 0.1) is 0 Å². The Hall–Kier alpha value is -1.32. The van der Waals surface area contributed by atoms with E-state index < -0.39 is 0 Å². The van der Waals surface area contributed by atoms with E-state index in [1.807, 2.05) is 24.5 Å². The second kappa shape index (κ2) is 4.51. The van der Waals surface area contributed by atoms with E-state index in [4.69, 9.17) is 9.15 Å². The summed E-state index contributed by atoms with van der Waals surface area (Å²) in [5, 5.41) is 4.75. The molecule has 1 saturated carbocycles. The molecular formula is C14H17NO2. The summed E-state index contributed by atoms with van der Waals surface area (Å²) in [5.41, 5.74) is 2.20. The van der Waals surface area contributed by atoms with Crippen molar-refractivity contribution in [1.29, 1.82) is 0 Å². The number of para-hydroxylation sites is 1. The first kappa shape index (κ1) is 10.8. The highest BCUT2D eigenvalue weighted by molar-refractivity contribution is 5.80. The van der Waals surface area contributed by atoms with E-state index in [1.165, 1.54) is 10.9 Å². The average Bonchev–Trinajstić information content (AvgIpc) is 2.71. The van der Waals surface area contributed by atoms with Gasteiger partial charge in [-0.25, -0.2) is 0 Å². The predicted octanol–water partition coefficient (Wildman–Crippen LogP) is 2.70. The molecule has 0 amide bonds. The molecule has 1 fully saturated rings. The molecule has 0 saturated heterocycles. The van der Waals surface area contributed by atoms with Crippen molar-refractivity contribution in [2.24, 2.45) is 0 Å². The van der Waals surface area contributed by atoms with Gasteiger partial charge in [-0.15, -0.1) is 0 Å². The molecule has 0 aliphatic heterocycles. The lowest BCUT2D eigenvalue weighted by Gasteiger charge is -2.34. The van der Waals surface area contributed by atoms with Crippen LogP contribution in [0.25, 0.3) is 11.0 Å². The SMILES string of the molecule is COC1CC(NCc2coc3ccccc23)C1. The maximum Gasteiger partial charge on any atom is 0.134 e. The first-order valence-electron chi connectivity index (χ1n) is 6.08. The summed E-state index contributed by atoms with van der Waals surface area (Å²) in [4.78, 5) is 0. The summed E-state index contributed by atoms with van der Waals surface area (Å²) in [7, 11) is 1.78. The smallest absolute Gasteiger partial charge is 0.134 e. The van der Waals surface area contributed by atoms with Crippen LogP contribution in [0.1, 0.15) is 18.4 Å². The molecule has 2 aromatic rings. The highest BCUT2D eigenvalue weighted by atomic mass is 16.5. The van der Waals surface area contributed by atoms with Gasteiger partial charge in [-0.05, 0) is 18.9 Å². The summed E-state index contributed by atoms with van der Waals surface area (Å²) >= 11 is 0. The van der Waals surface area contributed by atoms with E-state index in [9.17, 15) is 0 Å². The Kier molecular flexibility index (Phi) is 2.87. The molecule has 0 spiro atoms. The van der Waals surface area contributed by atoms with Gasteiger partial charge in [0.1, 0.15) is 5.58 Å². The number of methoxy groups -OCH3 is 1. The van der Waals surface area contributed by atoms with Crippen molar-refractivity contribution in [3.05, 3.63) is 36.1 Å². The van der Waals surface area contributed by atoms with E-state index in [2.05, 4.69) is 11.4 Å². The molecule has 0 unspecified atom stereocenters. The van der Waals surface area contributed by atoms with Crippen LogP contribution in [0.2, 0.25) is 0 Å². The zero-order valence-corrected chi connectivity index (χ0v) is 9.98. The van der Waals surface area contributed by atoms with Gasteiger partial charge in [0.15, 0.2) is 0 Å². The number of fused-ring (bicyclic) bond motifs is 1. The van der Waals surface area contributed by atoms with Crippen LogP contribution in [0.15, 0.2) is 34.9 Å². The van der Waals surface area contributed by atoms with Crippen LogP contribution in [-0.2, 0) is 11.3 Å². The lowest BCUT2D eigenvalue weighted by atomic mass is 9.89. The molecule has 0 bridgehead atoms. The topological polar surface area (TPSA) is 34.4 Å². The molecule has 3 rings (SSSR count). The van der Waals surface area contributed by atoms with Crippen molar-refractivity contribution in [1.82, 2.24) is 5.32 Å². The Morgan fingerprint density at radius 3 is 3.00 bits per heavy atom. The van der Waals surface area contributed by atoms with Gasteiger partial charge in [0.25, 0.3) is 0 Å². The highest BCUT2D eigenvalue weighted by Crippen LogP contribution is 2.24. The Labute approximate surface area is 101 Å². The molecule has 1 aromatic carbocycles. The minimum Gasteiger partial charge on any atom is -0.464 e. The zero-order valence-electron chi connectivity index (χ0n) is 9.98. The number of furan rings is 1. The monoisotopic (exact) mass is 231 g/mol. The first-order valence-corrected chi connectivity index (χ1v) is 6.08. The van der Waals surface area contributed by atoms with Gasteiger partial charge in [-0.3, -0.25) is 0 Å². The van der Waals surface area contributed by atoms with E-state index >= 15 is 0 Å². The lowest BCUT2D eigenvalue weighted by molar-refractivity contribution is 0.0170. The molecule has 90 valence electrons. The molecule has 1 aliphatic carbocycles. The van der Waals surface area contributed by atoms with Gasteiger partial charge in [-0.1, -0.05) is 18.2 Å². The Balaban J connectivity index is 1.62. The van der Waals surface area contributed by atoms with Crippen LogP contribution < -0.4 is 5.32 Å². The highest BCUT2D eigenvalue weighted by Gasteiger charge is 2.28. The standard InChI is InChI=1S/C14H17NO2/c1-16-12-6-11(7-12)15-8-10-9-17-14-5-3-2-4-13(10)14/h2-5,9,11-12,15H,6-8H2,1H3. The molecule has 1 N–H and O–H groups in total. The summed E-state index contributed by atoms with van der Waals surface area (Å²) in [6.07, 6.45) is 4.54. The third-order valence-electron chi connectivity index (χ3n) is 3.57. The normalized spacial score (nSPS) is 23.8. The first-order chi connectivity index (χ1) is 8.36. The van der Waals surface area contributed by atoms with E-state index in [1.54, 1.807) is 7.11 Å². The fourth-order valence-electron chi connectivity index (χ4n) is 2.35. The van der Waals surface area contributed by atoms with Crippen LogP contribution in [0.5, 0.6) is 0 Å². The molecule has 0 atom stereocenters. The molecule has 0 radical (unpaired) electrons. The molecule has 17 heavy (non-hydrogen) atoms. The van der Waals surface area contributed by atoms with Crippen LogP contribution >= 0.6 is 0 Å². The van der Waals surface area contributed by atoms with Crippen LogP contribution in [-0.4, -0.2) is 19.3 Å². The van der Waals surface area contributed by atoms with Crippen molar-refractivity contribution in [2.45, 2.75) is 31.5 Å². The van der Waals surface area contributed by atoms with Gasteiger partial charge in [-0.2, -0.15) is 0 Å². The van der Waals surface area contributed by atoms with Crippen molar-refractivity contribution < 1.29 is 9.15 Å². The number of rotatable bonds is 4. The van der Waals surface area contributed by atoms with Crippen molar-refractivity contribution in [2.75, 3.05) is 7.11 Å². The summed E-state index contributed by atoms with van der Waals surface area (Å²) < 4.78 is 10.8. The van der Waals surface area contributed by atoms with Crippen LogP contribution in [0.4, 0.5) is 0 Å². The van der Waals surface area contributed by atoms with Gasteiger partial charge in [0.05, 0.1) is 12.4 Å². The number of nitrogens with one attached hydrogen (secondary N) is 1. The maximum absolute atomic E-state index is 5.51. The predicted molar refractivity (Wildman–Crippen MR) is 66.9 cm³/mol. The summed E-state index contributed by atoms with van der Waals surface area (Å²) in [5.74, 6) is 0. The Bertz CT molecular complexity index is 500. The van der Waals surface area contributed by atoms with Gasteiger partial charge >= 0.3 is 0 Å².